The maximum Gasteiger partial charge on any atom is 0.0675 e. The highest BCUT2D eigenvalue weighted by molar-refractivity contribution is 5.69. The molecule has 1 unspecified atom stereocenters. The molecule has 0 radical (unpaired) electrons. The third-order valence-corrected chi connectivity index (χ3v) is 4.50. The summed E-state index contributed by atoms with van der Waals surface area (Å²) in [5.74, 6) is 0. The van der Waals surface area contributed by atoms with Crippen LogP contribution in [0.2, 0.25) is 0 Å². The Morgan fingerprint density at radius 1 is 1.15 bits per heavy atom. The third-order valence-electron chi connectivity index (χ3n) is 4.50. The molecule has 3 heteroatoms. The lowest BCUT2D eigenvalue weighted by Gasteiger charge is -2.12. The number of nitrogens with one attached hydrogen (secondary N) is 1. The molecule has 1 N–H and O–H groups in total. The third kappa shape index (κ3) is 2.16. The Morgan fingerprint density at radius 2 is 1.95 bits per heavy atom. The van der Waals surface area contributed by atoms with Crippen LogP contribution in [0.5, 0.6) is 0 Å². The van der Waals surface area contributed by atoms with E-state index >= 15 is 0 Å². The van der Waals surface area contributed by atoms with Crippen LogP contribution in [0.15, 0.2) is 18.2 Å². The second-order valence-corrected chi connectivity index (χ2v) is 5.94. The summed E-state index contributed by atoms with van der Waals surface area (Å²) in [4.78, 5) is 0. The van der Waals surface area contributed by atoms with Crippen molar-refractivity contribution in [3.8, 4) is 11.1 Å². The summed E-state index contributed by atoms with van der Waals surface area (Å²) in [6.07, 6.45) is 1.17. The van der Waals surface area contributed by atoms with Crippen molar-refractivity contribution < 1.29 is 0 Å². The molecule has 1 fully saturated rings. The minimum absolute atomic E-state index is 0.508. The molecule has 1 aliphatic rings. The Labute approximate surface area is 121 Å². The molecule has 106 valence electrons. The fourth-order valence-corrected chi connectivity index (χ4v) is 3.18. The van der Waals surface area contributed by atoms with Crippen LogP contribution >= 0.6 is 0 Å². The van der Waals surface area contributed by atoms with E-state index < -0.39 is 0 Å². The van der Waals surface area contributed by atoms with E-state index in [1.165, 1.54) is 34.4 Å². The SMILES string of the molecule is Cc1ccc(-c2c(C)nn(C3CCNC3)c2C)cc1C. The molecule has 1 saturated heterocycles. The first-order valence-corrected chi connectivity index (χ1v) is 7.42. The highest BCUT2D eigenvalue weighted by Crippen LogP contribution is 2.31. The monoisotopic (exact) mass is 269 g/mol. The van der Waals surface area contributed by atoms with Crippen molar-refractivity contribution in [2.24, 2.45) is 0 Å². The summed E-state index contributed by atoms with van der Waals surface area (Å²) in [7, 11) is 0. The van der Waals surface area contributed by atoms with E-state index in [-0.39, 0.29) is 0 Å². The van der Waals surface area contributed by atoms with Gasteiger partial charge in [0.15, 0.2) is 0 Å². The molecule has 0 bridgehead atoms. The van der Waals surface area contributed by atoms with Gasteiger partial charge in [0.1, 0.15) is 0 Å². The minimum Gasteiger partial charge on any atom is -0.315 e. The van der Waals surface area contributed by atoms with Gasteiger partial charge in [-0.15, -0.1) is 0 Å². The summed E-state index contributed by atoms with van der Waals surface area (Å²) < 4.78 is 2.22. The summed E-state index contributed by atoms with van der Waals surface area (Å²) in [5, 5.41) is 8.22. The minimum atomic E-state index is 0.508. The molecule has 20 heavy (non-hydrogen) atoms. The summed E-state index contributed by atoms with van der Waals surface area (Å²) in [6, 6.07) is 7.21. The zero-order valence-corrected chi connectivity index (χ0v) is 12.8. The van der Waals surface area contributed by atoms with E-state index in [9.17, 15) is 0 Å². The van der Waals surface area contributed by atoms with Crippen molar-refractivity contribution in [1.29, 1.82) is 0 Å². The highest BCUT2D eigenvalue weighted by atomic mass is 15.3. The van der Waals surface area contributed by atoms with Gasteiger partial charge in [-0.1, -0.05) is 18.2 Å². The van der Waals surface area contributed by atoms with Gasteiger partial charge in [0.25, 0.3) is 0 Å². The summed E-state index contributed by atoms with van der Waals surface area (Å²) in [5.41, 5.74) is 7.71. The number of aryl methyl sites for hydroxylation is 3. The van der Waals surface area contributed by atoms with Crippen molar-refractivity contribution >= 4 is 0 Å². The molecule has 2 aromatic rings. The maximum atomic E-state index is 4.80. The quantitative estimate of drug-likeness (QED) is 0.906. The number of nitrogens with zero attached hydrogens (tertiary/aromatic N) is 2. The molecule has 0 spiro atoms. The van der Waals surface area contributed by atoms with Gasteiger partial charge in [-0.3, -0.25) is 4.68 Å². The molecule has 3 nitrogen and oxygen atoms in total. The first-order valence-electron chi connectivity index (χ1n) is 7.42. The number of rotatable bonds is 2. The molecule has 1 aromatic heterocycles. The van der Waals surface area contributed by atoms with Gasteiger partial charge in [-0.05, 0) is 57.4 Å². The van der Waals surface area contributed by atoms with Gasteiger partial charge in [-0.2, -0.15) is 5.10 Å². The van der Waals surface area contributed by atoms with Gasteiger partial charge in [-0.25, -0.2) is 0 Å². The normalized spacial score (nSPS) is 18.7. The molecule has 0 amide bonds. The Hall–Kier alpha value is -1.61. The Kier molecular flexibility index (Phi) is 3.38. The van der Waals surface area contributed by atoms with Gasteiger partial charge < -0.3 is 5.32 Å². The van der Waals surface area contributed by atoms with Crippen LogP contribution in [0.4, 0.5) is 0 Å². The van der Waals surface area contributed by atoms with Crippen LogP contribution in [0, 0.1) is 27.7 Å². The predicted octanol–water partition coefficient (Wildman–Crippen LogP) is 3.32. The van der Waals surface area contributed by atoms with E-state index in [4.69, 9.17) is 5.10 Å². The van der Waals surface area contributed by atoms with Crippen molar-refractivity contribution in [2.45, 2.75) is 40.2 Å². The van der Waals surface area contributed by atoms with E-state index in [1.807, 2.05) is 0 Å². The average Bonchev–Trinajstić information content (AvgIpc) is 3.02. The van der Waals surface area contributed by atoms with E-state index in [1.54, 1.807) is 0 Å². The second-order valence-electron chi connectivity index (χ2n) is 5.94. The van der Waals surface area contributed by atoms with Crippen molar-refractivity contribution in [1.82, 2.24) is 15.1 Å². The maximum absolute atomic E-state index is 4.80. The van der Waals surface area contributed by atoms with Crippen LogP contribution < -0.4 is 5.32 Å². The number of hydrogen-bond acceptors (Lipinski definition) is 2. The lowest BCUT2D eigenvalue weighted by molar-refractivity contribution is 0.477. The smallest absolute Gasteiger partial charge is 0.0675 e. The Bertz CT molecular complexity index is 634. The molecule has 2 heterocycles. The fourth-order valence-electron chi connectivity index (χ4n) is 3.18. The van der Waals surface area contributed by atoms with Gasteiger partial charge in [0.05, 0.1) is 11.7 Å². The van der Waals surface area contributed by atoms with Crippen LogP contribution in [0.25, 0.3) is 11.1 Å². The van der Waals surface area contributed by atoms with Crippen molar-refractivity contribution in [2.75, 3.05) is 13.1 Å². The zero-order chi connectivity index (χ0) is 14.3. The topological polar surface area (TPSA) is 29.9 Å². The lowest BCUT2D eigenvalue weighted by atomic mass is 9.99. The van der Waals surface area contributed by atoms with Gasteiger partial charge >= 0.3 is 0 Å². The largest absolute Gasteiger partial charge is 0.315 e. The number of aromatic nitrogens is 2. The summed E-state index contributed by atoms with van der Waals surface area (Å²) >= 11 is 0. The number of benzene rings is 1. The molecule has 1 aliphatic heterocycles. The molecule has 1 aromatic carbocycles. The Morgan fingerprint density at radius 3 is 2.60 bits per heavy atom. The average molecular weight is 269 g/mol. The van der Waals surface area contributed by atoms with E-state index in [0.717, 1.165) is 18.8 Å². The van der Waals surface area contributed by atoms with Crippen molar-refractivity contribution in [3.05, 3.63) is 40.7 Å². The highest BCUT2D eigenvalue weighted by Gasteiger charge is 2.22. The predicted molar refractivity (Wildman–Crippen MR) is 83.1 cm³/mol. The van der Waals surface area contributed by atoms with Crippen LogP contribution in [-0.4, -0.2) is 22.9 Å². The van der Waals surface area contributed by atoms with Crippen LogP contribution in [0.3, 0.4) is 0 Å². The summed E-state index contributed by atoms with van der Waals surface area (Å²) in [6.45, 7) is 10.8. The Balaban J connectivity index is 2.07. The molecular weight excluding hydrogens is 246 g/mol. The first-order chi connectivity index (χ1) is 9.58. The molecule has 0 saturated carbocycles. The first kappa shape index (κ1) is 13.4. The lowest BCUT2D eigenvalue weighted by Crippen LogP contribution is -2.15. The van der Waals surface area contributed by atoms with Gasteiger partial charge in [0, 0.05) is 17.8 Å². The molecule has 0 aliphatic carbocycles. The molecule has 1 atom stereocenters. The second kappa shape index (κ2) is 5.06. The van der Waals surface area contributed by atoms with Crippen LogP contribution in [0.1, 0.15) is 35.0 Å². The van der Waals surface area contributed by atoms with Crippen molar-refractivity contribution in [3.63, 3.8) is 0 Å². The van der Waals surface area contributed by atoms with E-state index in [2.05, 4.69) is 55.9 Å². The standard InChI is InChI=1S/C17H23N3/c1-11-5-6-15(9-12(11)2)17-13(3)19-20(14(17)4)16-7-8-18-10-16/h5-6,9,16,18H,7-8,10H2,1-4H3. The fraction of sp³-hybridized carbons (Fsp3) is 0.471. The van der Waals surface area contributed by atoms with E-state index in [0.29, 0.717) is 6.04 Å². The van der Waals surface area contributed by atoms with Gasteiger partial charge in [0.2, 0.25) is 0 Å². The van der Waals surface area contributed by atoms with Crippen LogP contribution in [-0.2, 0) is 0 Å². The number of hydrogen-bond donors (Lipinski definition) is 1. The molecule has 3 rings (SSSR count). The zero-order valence-electron chi connectivity index (χ0n) is 12.8. The molecular formula is C17H23N3.